The molecule has 0 amide bonds. The van der Waals surface area contributed by atoms with Gasteiger partial charge >= 0.3 is 0 Å². The number of halogens is 1. The Balaban J connectivity index is 1.90. The van der Waals surface area contributed by atoms with Gasteiger partial charge in [-0.15, -0.1) is 5.10 Å². The van der Waals surface area contributed by atoms with E-state index in [2.05, 4.69) is 33.2 Å². The van der Waals surface area contributed by atoms with Gasteiger partial charge in [0.1, 0.15) is 12.4 Å². The molecule has 0 aliphatic carbocycles. The van der Waals surface area contributed by atoms with Gasteiger partial charge in [-0.1, -0.05) is 34.5 Å². The number of nitrogens with zero attached hydrogens (tertiary/aromatic N) is 3. The SMILES string of the molecule is CCCc1c(N)nnn1CCOc1ccc(Br)cc1. The van der Waals surface area contributed by atoms with Gasteiger partial charge in [0.2, 0.25) is 0 Å². The van der Waals surface area contributed by atoms with Crippen molar-refractivity contribution in [2.45, 2.75) is 26.3 Å². The maximum atomic E-state index is 5.79. The third-order valence-corrected chi connectivity index (χ3v) is 3.27. The van der Waals surface area contributed by atoms with Crippen molar-refractivity contribution in [3.05, 3.63) is 34.4 Å². The van der Waals surface area contributed by atoms with Crippen molar-refractivity contribution >= 4 is 21.7 Å². The molecule has 0 unspecified atom stereocenters. The average molecular weight is 325 g/mol. The number of aromatic nitrogens is 3. The first kappa shape index (κ1) is 13.9. The summed E-state index contributed by atoms with van der Waals surface area (Å²) in [6.45, 7) is 3.30. The summed E-state index contributed by atoms with van der Waals surface area (Å²) < 4.78 is 8.51. The molecule has 19 heavy (non-hydrogen) atoms. The molecule has 0 aliphatic heterocycles. The van der Waals surface area contributed by atoms with E-state index in [1.165, 1.54) is 0 Å². The van der Waals surface area contributed by atoms with Crippen LogP contribution in [0.3, 0.4) is 0 Å². The monoisotopic (exact) mass is 324 g/mol. The maximum Gasteiger partial charge on any atom is 0.169 e. The van der Waals surface area contributed by atoms with Crippen molar-refractivity contribution < 1.29 is 4.74 Å². The van der Waals surface area contributed by atoms with Gasteiger partial charge in [0.05, 0.1) is 12.2 Å². The first-order valence-corrected chi connectivity index (χ1v) is 7.06. The van der Waals surface area contributed by atoms with E-state index >= 15 is 0 Å². The molecular weight excluding hydrogens is 308 g/mol. The third-order valence-electron chi connectivity index (χ3n) is 2.74. The van der Waals surface area contributed by atoms with E-state index in [1.807, 2.05) is 28.9 Å². The minimum atomic E-state index is 0.519. The summed E-state index contributed by atoms with van der Waals surface area (Å²) in [6.07, 6.45) is 1.91. The fraction of sp³-hybridized carbons (Fsp3) is 0.385. The molecule has 1 aromatic heterocycles. The highest BCUT2D eigenvalue weighted by Gasteiger charge is 2.08. The van der Waals surface area contributed by atoms with E-state index in [-0.39, 0.29) is 0 Å². The van der Waals surface area contributed by atoms with Crippen LogP contribution in [0.25, 0.3) is 0 Å². The summed E-state index contributed by atoms with van der Waals surface area (Å²) in [5.74, 6) is 1.36. The Morgan fingerprint density at radius 3 is 2.74 bits per heavy atom. The van der Waals surface area contributed by atoms with Gasteiger partial charge in [0.15, 0.2) is 5.82 Å². The lowest BCUT2D eigenvalue weighted by molar-refractivity contribution is 0.287. The molecule has 0 bridgehead atoms. The van der Waals surface area contributed by atoms with Crippen LogP contribution in [0.4, 0.5) is 5.82 Å². The molecule has 0 spiro atoms. The first-order chi connectivity index (χ1) is 9.20. The predicted octanol–water partition coefficient (Wildman–Crippen LogP) is 2.65. The molecule has 2 N–H and O–H groups in total. The number of benzene rings is 1. The van der Waals surface area contributed by atoms with Crippen molar-refractivity contribution in [3.63, 3.8) is 0 Å². The Hall–Kier alpha value is -1.56. The summed E-state index contributed by atoms with van der Waals surface area (Å²) >= 11 is 3.39. The van der Waals surface area contributed by atoms with E-state index in [1.54, 1.807) is 0 Å². The molecule has 0 saturated heterocycles. The smallest absolute Gasteiger partial charge is 0.169 e. The average Bonchev–Trinajstić information content (AvgIpc) is 2.74. The zero-order chi connectivity index (χ0) is 13.7. The molecule has 2 aromatic rings. The lowest BCUT2D eigenvalue weighted by Gasteiger charge is -2.08. The van der Waals surface area contributed by atoms with E-state index in [4.69, 9.17) is 10.5 Å². The van der Waals surface area contributed by atoms with Gasteiger partial charge in [0.25, 0.3) is 0 Å². The largest absolute Gasteiger partial charge is 0.492 e. The van der Waals surface area contributed by atoms with Crippen LogP contribution in [-0.4, -0.2) is 21.6 Å². The van der Waals surface area contributed by atoms with Crippen LogP contribution < -0.4 is 10.5 Å². The molecule has 0 saturated carbocycles. The molecule has 102 valence electrons. The van der Waals surface area contributed by atoms with E-state index in [0.29, 0.717) is 19.0 Å². The Kier molecular flexibility index (Phi) is 4.79. The minimum absolute atomic E-state index is 0.519. The summed E-state index contributed by atoms with van der Waals surface area (Å²) in [7, 11) is 0. The van der Waals surface area contributed by atoms with Crippen LogP contribution in [0.1, 0.15) is 19.0 Å². The number of anilines is 1. The molecule has 0 fully saturated rings. The molecule has 0 aliphatic rings. The van der Waals surface area contributed by atoms with Crippen molar-refractivity contribution in [2.24, 2.45) is 0 Å². The molecule has 6 heteroatoms. The van der Waals surface area contributed by atoms with Crippen molar-refractivity contribution in [3.8, 4) is 5.75 Å². The summed E-state index contributed by atoms with van der Waals surface area (Å²) in [5, 5.41) is 7.94. The number of rotatable bonds is 6. The summed E-state index contributed by atoms with van der Waals surface area (Å²) in [4.78, 5) is 0. The Morgan fingerprint density at radius 2 is 2.05 bits per heavy atom. The lowest BCUT2D eigenvalue weighted by Crippen LogP contribution is -2.12. The standard InChI is InChI=1S/C13H17BrN4O/c1-2-3-12-13(15)16-17-18(12)8-9-19-11-6-4-10(14)5-7-11/h4-7H,2-3,8-9,15H2,1H3. The van der Waals surface area contributed by atoms with E-state index in [0.717, 1.165) is 28.8 Å². The molecule has 0 radical (unpaired) electrons. The minimum Gasteiger partial charge on any atom is -0.492 e. The molecular formula is C13H17BrN4O. The fourth-order valence-corrected chi connectivity index (χ4v) is 2.06. The molecule has 2 rings (SSSR count). The first-order valence-electron chi connectivity index (χ1n) is 6.27. The van der Waals surface area contributed by atoms with Crippen LogP contribution in [0, 0.1) is 0 Å². The summed E-state index contributed by atoms with van der Waals surface area (Å²) in [5.41, 5.74) is 6.77. The number of hydrogen-bond donors (Lipinski definition) is 1. The van der Waals surface area contributed by atoms with Crippen molar-refractivity contribution in [1.82, 2.24) is 15.0 Å². The van der Waals surface area contributed by atoms with Gasteiger partial charge in [-0.05, 0) is 30.7 Å². The normalized spacial score (nSPS) is 10.6. The zero-order valence-electron chi connectivity index (χ0n) is 10.8. The summed E-state index contributed by atoms with van der Waals surface area (Å²) in [6, 6.07) is 7.75. The maximum absolute atomic E-state index is 5.79. The highest BCUT2D eigenvalue weighted by atomic mass is 79.9. The second-order valence-corrected chi connectivity index (χ2v) is 5.11. The van der Waals surface area contributed by atoms with Gasteiger partial charge in [0, 0.05) is 4.47 Å². The Bertz CT molecular complexity index is 524. The fourth-order valence-electron chi connectivity index (χ4n) is 1.80. The van der Waals surface area contributed by atoms with Crippen molar-refractivity contribution in [2.75, 3.05) is 12.3 Å². The van der Waals surface area contributed by atoms with Crippen LogP contribution in [0.5, 0.6) is 5.75 Å². The van der Waals surface area contributed by atoms with Gasteiger partial charge in [-0.2, -0.15) is 0 Å². The predicted molar refractivity (Wildman–Crippen MR) is 78.1 cm³/mol. The topological polar surface area (TPSA) is 66.0 Å². The second kappa shape index (κ2) is 6.56. The van der Waals surface area contributed by atoms with Crippen LogP contribution in [0.15, 0.2) is 28.7 Å². The Labute approximate surface area is 120 Å². The highest BCUT2D eigenvalue weighted by molar-refractivity contribution is 9.10. The van der Waals surface area contributed by atoms with Gasteiger partial charge < -0.3 is 10.5 Å². The molecule has 5 nitrogen and oxygen atoms in total. The lowest BCUT2D eigenvalue weighted by atomic mass is 10.2. The second-order valence-electron chi connectivity index (χ2n) is 4.20. The Morgan fingerprint density at radius 1 is 1.32 bits per heavy atom. The van der Waals surface area contributed by atoms with Crippen LogP contribution >= 0.6 is 15.9 Å². The molecule has 1 aromatic carbocycles. The molecule has 1 heterocycles. The third kappa shape index (κ3) is 3.70. The molecule has 0 atom stereocenters. The van der Waals surface area contributed by atoms with Crippen LogP contribution in [-0.2, 0) is 13.0 Å². The highest BCUT2D eigenvalue weighted by Crippen LogP contribution is 2.16. The number of hydrogen-bond acceptors (Lipinski definition) is 4. The zero-order valence-corrected chi connectivity index (χ0v) is 12.4. The number of nitrogen functional groups attached to an aromatic ring is 1. The van der Waals surface area contributed by atoms with E-state index < -0.39 is 0 Å². The van der Waals surface area contributed by atoms with Crippen LogP contribution in [0.2, 0.25) is 0 Å². The quantitative estimate of drug-likeness (QED) is 0.887. The van der Waals surface area contributed by atoms with Crippen molar-refractivity contribution in [1.29, 1.82) is 0 Å². The number of ether oxygens (including phenoxy) is 1. The van der Waals surface area contributed by atoms with Gasteiger partial charge in [-0.3, -0.25) is 0 Å². The number of nitrogens with two attached hydrogens (primary N) is 1. The van der Waals surface area contributed by atoms with Gasteiger partial charge in [-0.25, -0.2) is 4.68 Å². The van der Waals surface area contributed by atoms with E-state index in [9.17, 15) is 0 Å².